The van der Waals surface area contributed by atoms with Gasteiger partial charge >= 0.3 is 0 Å². The molecule has 2 N–H and O–H groups in total. The Balaban J connectivity index is 2.17. The van der Waals surface area contributed by atoms with Crippen molar-refractivity contribution in [3.8, 4) is 17.2 Å². The van der Waals surface area contributed by atoms with Crippen LogP contribution in [-0.4, -0.2) is 62.0 Å². The molecule has 0 aliphatic rings. The van der Waals surface area contributed by atoms with Crippen molar-refractivity contribution in [3.63, 3.8) is 0 Å². The molecule has 0 bridgehead atoms. The normalized spacial score (nSPS) is 13.4. The quantitative estimate of drug-likeness (QED) is 0.201. The highest BCUT2D eigenvalue weighted by Crippen LogP contribution is 2.33. The minimum Gasteiger partial charge on any atom is -0.507 e. The van der Waals surface area contributed by atoms with Gasteiger partial charge in [-0.25, -0.2) is 0 Å². The lowest BCUT2D eigenvalue weighted by Crippen LogP contribution is -2.45. The molecule has 0 radical (unpaired) electrons. The zero-order valence-corrected chi connectivity index (χ0v) is 31.9. The molecule has 5 nitrogen and oxygen atoms in total. The van der Waals surface area contributed by atoms with Crippen LogP contribution >= 0.6 is 0 Å². The first kappa shape index (κ1) is 33.8. The molecule has 0 aromatic heterocycles. The Morgan fingerprint density at radius 2 is 0.952 bits per heavy atom. The average molecular weight is 635 g/mol. The van der Waals surface area contributed by atoms with Crippen LogP contribution in [0.3, 0.4) is 0 Å². The number of phenols is 2. The van der Waals surface area contributed by atoms with Crippen molar-refractivity contribution in [1.82, 2.24) is 0 Å². The van der Waals surface area contributed by atoms with E-state index in [1.54, 1.807) is 19.5 Å². The van der Waals surface area contributed by atoms with E-state index in [9.17, 15) is 10.2 Å². The minimum absolute atomic E-state index is 0.319. The molecule has 0 saturated heterocycles. The molecule has 3 aromatic rings. The number of hydrogen-bond acceptors (Lipinski definition) is 5. The second-order valence-corrected chi connectivity index (χ2v) is 35.5. The van der Waals surface area contributed by atoms with Gasteiger partial charge in [0.1, 0.15) is 17.2 Å². The SMILES string of the molecule is COc1ccc(N=Cc2cc([Si](C)(C)C)cc([Si](C)(C)C)c2O)c(N=Cc2cc([Si](C)(C)C)cc([Si](C)(C)C)c2O)c1. The molecule has 0 saturated carbocycles. The molecule has 0 unspecified atom stereocenters. The van der Waals surface area contributed by atoms with Gasteiger partial charge in [0.25, 0.3) is 0 Å². The summed E-state index contributed by atoms with van der Waals surface area (Å²) in [5.41, 5.74) is 2.75. The molecule has 0 aliphatic heterocycles. The van der Waals surface area contributed by atoms with E-state index < -0.39 is 32.3 Å². The first-order valence-electron chi connectivity index (χ1n) is 14.6. The van der Waals surface area contributed by atoms with Crippen molar-refractivity contribution in [2.45, 2.75) is 78.6 Å². The van der Waals surface area contributed by atoms with E-state index in [0.717, 1.165) is 21.5 Å². The Morgan fingerprint density at radius 1 is 0.548 bits per heavy atom. The number of rotatable bonds is 9. The largest absolute Gasteiger partial charge is 0.507 e. The highest BCUT2D eigenvalue weighted by atomic mass is 28.3. The van der Waals surface area contributed by atoms with E-state index in [2.05, 4.69) is 103 Å². The number of hydrogen-bond donors (Lipinski definition) is 2. The maximum absolute atomic E-state index is 11.3. The Hall–Kier alpha value is -2.73. The Morgan fingerprint density at radius 3 is 1.31 bits per heavy atom. The van der Waals surface area contributed by atoms with Gasteiger partial charge in [-0.3, -0.25) is 9.98 Å². The summed E-state index contributed by atoms with van der Waals surface area (Å²) in [6.07, 6.45) is 3.51. The van der Waals surface area contributed by atoms with Crippen LogP contribution in [0.15, 0.2) is 52.4 Å². The highest BCUT2D eigenvalue weighted by Gasteiger charge is 2.28. The minimum atomic E-state index is -1.80. The first-order valence-corrected chi connectivity index (χ1v) is 28.6. The molecule has 0 fully saturated rings. The van der Waals surface area contributed by atoms with Crippen LogP contribution in [0, 0.1) is 0 Å². The number of ether oxygens (including phenoxy) is 1. The molecule has 226 valence electrons. The van der Waals surface area contributed by atoms with Gasteiger partial charge in [0.15, 0.2) is 0 Å². The van der Waals surface area contributed by atoms with Gasteiger partial charge in [-0.1, -0.05) is 113 Å². The predicted molar refractivity (Wildman–Crippen MR) is 196 cm³/mol. The monoisotopic (exact) mass is 634 g/mol. The second-order valence-electron chi connectivity index (χ2n) is 15.3. The zero-order chi connectivity index (χ0) is 31.8. The Kier molecular flexibility index (Phi) is 9.73. The summed E-state index contributed by atoms with van der Waals surface area (Å²) in [6, 6.07) is 14.2. The third-order valence-electron chi connectivity index (χ3n) is 7.49. The molecular formula is C33H50N2O3Si4. The van der Waals surface area contributed by atoms with Gasteiger partial charge in [0.2, 0.25) is 0 Å². The summed E-state index contributed by atoms with van der Waals surface area (Å²) in [5.74, 6) is 1.32. The Bertz CT molecular complexity index is 1520. The summed E-state index contributed by atoms with van der Waals surface area (Å²) >= 11 is 0. The smallest absolute Gasteiger partial charge is 0.123 e. The molecule has 9 heteroatoms. The number of aromatic hydroxyl groups is 2. The van der Waals surface area contributed by atoms with Crippen LogP contribution in [0.5, 0.6) is 17.2 Å². The summed E-state index contributed by atoms with van der Waals surface area (Å²) in [5, 5.41) is 27.3. The van der Waals surface area contributed by atoms with E-state index in [-0.39, 0.29) is 0 Å². The van der Waals surface area contributed by atoms with Crippen LogP contribution in [0.25, 0.3) is 0 Å². The maximum atomic E-state index is 11.3. The van der Waals surface area contributed by atoms with Gasteiger partial charge in [-0.05, 0) is 22.5 Å². The molecule has 0 amide bonds. The number of methoxy groups -OCH3 is 1. The number of phenolic OH excluding ortho intramolecular Hbond substituents is 2. The molecule has 0 aliphatic carbocycles. The maximum Gasteiger partial charge on any atom is 0.123 e. The number of nitrogens with zero attached hydrogens (tertiary/aromatic N) is 2. The van der Waals surface area contributed by atoms with E-state index in [1.807, 2.05) is 18.2 Å². The van der Waals surface area contributed by atoms with Gasteiger partial charge in [-0.15, -0.1) is 0 Å². The van der Waals surface area contributed by atoms with Gasteiger partial charge < -0.3 is 14.9 Å². The van der Waals surface area contributed by atoms with Gasteiger partial charge in [-0.2, -0.15) is 0 Å². The third-order valence-corrected chi connectivity index (χ3v) is 15.5. The van der Waals surface area contributed by atoms with Crippen molar-refractivity contribution < 1.29 is 14.9 Å². The van der Waals surface area contributed by atoms with Crippen molar-refractivity contribution in [2.24, 2.45) is 9.98 Å². The zero-order valence-electron chi connectivity index (χ0n) is 27.9. The Labute approximate surface area is 257 Å². The van der Waals surface area contributed by atoms with Gasteiger partial charge in [0.05, 0.1) is 50.8 Å². The lowest BCUT2D eigenvalue weighted by molar-refractivity contribution is 0.415. The average Bonchev–Trinajstić information content (AvgIpc) is 2.84. The fourth-order valence-corrected chi connectivity index (χ4v) is 10.1. The van der Waals surface area contributed by atoms with Crippen molar-refractivity contribution >= 4 is 76.8 Å². The van der Waals surface area contributed by atoms with Crippen LogP contribution in [0.4, 0.5) is 11.4 Å². The standard InChI is InChI=1S/C33H50N2O3Si4/c1-38-25-14-15-28(34-21-23-16-26(39(2,3)4)19-30(32(23)36)41(8,9)10)29(18-25)35-22-24-17-27(40(5,6)7)20-31(33(24)37)42(11,12)13/h14-22,36-37H,1-13H3. The fourth-order valence-electron chi connectivity index (χ4n) is 4.64. The predicted octanol–water partition coefficient (Wildman–Crippen LogP) is 6.79. The van der Waals surface area contributed by atoms with Crippen molar-refractivity contribution in [2.75, 3.05) is 7.11 Å². The van der Waals surface area contributed by atoms with E-state index in [1.165, 1.54) is 10.4 Å². The molecule has 3 aromatic carbocycles. The van der Waals surface area contributed by atoms with Crippen molar-refractivity contribution in [3.05, 3.63) is 53.6 Å². The van der Waals surface area contributed by atoms with Crippen LogP contribution < -0.4 is 25.5 Å². The lowest BCUT2D eigenvalue weighted by Gasteiger charge is -2.25. The molecule has 0 heterocycles. The highest BCUT2D eigenvalue weighted by molar-refractivity contribution is 6.92. The molecular weight excluding hydrogens is 585 g/mol. The topological polar surface area (TPSA) is 74.4 Å². The van der Waals surface area contributed by atoms with Crippen LogP contribution in [-0.2, 0) is 0 Å². The van der Waals surface area contributed by atoms with E-state index in [0.29, 0.717) is 28.6 Å². The van der Waals surface area contributed by atoms with E-state index in [4.69, 9.17) is 14.7 Å². The third kappa shape index (κ3) is 8.00. The van der Waals surface area contributed by atoms with Gasteiger partial charge in [0, 0.05) is 29.6 Å². The molecule has 42 heavy (non-hydrogen) atoms. The van der Waals surface area contributed by atoms with Crippen LogP contribution in [0.1, 0.15) is 11.1 Å². The van der Waals surface area contributed by atoms with Crippen LogP contribution in [0.2, 0.25) is 78.6 Å². The number of aliphatic imine (C=N–C) groups is 2. The van der Waals surface area contributed by atoms with E-state index >= 15 is 0 Å². The summed E-state index contributed by atoms with van der Waals surface area (Å²) in [6.45, 7) is 27.5. The molecule has 0 spiro atoms. The molecule has 0 atom stereocenters. The number of benzene rings is 3. The summed E-state index contributed by atoms with van der Waals surface area (Å²) < 4.78 is 5.51. The summed E-state index contributed by atoms with van der Waals surface area (Å²) in [4.78, 5) is 9.68. The molecule has 3 rings (SSSR count). The summed E-state index contributed by atoms with van der Waals surface area (Å²) in [7, 11) is -5.22. The first-order chi connectivity index (χ1) is 19.1. The second kappa shape index (κ2) is 12.1. The fraction of sp³-hybridized carbons (Fsp3) is 0.394. The van der Waals surface area contributed by atoms with Crippen molar-refractivity contribution in [1.29, 1.82) is 0 Å². The lowest BCUT2D eigenvalue weighted by atomic mass is 10.2.